The highest BCUT2D eigenvalue weighted by molar-refractivity contribution is 5.17. The molecule has 126 valence electrons. The van der Waals surface area contributed by atoms with Gasteiger partial charge >= 0.3 is 0 Å². The SMILES string of the molecule is CCCCCCCCCCCC(c1ccccc1)[N+](C)(C)C. The lowest BCUT2D eigenvalue weighted by Crippen LogP contribution is -2.38. The largest absolute Gasteiger partial charge is 0.325 e. The molecule has 0 aliphatic heterocycles. The van der Waals surface area contributed by atoms with Crippen LogP contribution in [0.25, 0.3) is 0 Å². The van der Waals surface area contributed by atoms with Crippen LogP contribution in [0.1, 0.15) is 82.7 Å². The monoisotopic (exact) mass is 304 g/mol. The van der Waals surface area contributed by atoms with E-state index in [1.165, 1.54) is 69.8 Å². The Hall–Kier alpha value is -0.820. The van der Waals surface area contributed by atoms with Crippen LogP contribution in [0.5, 0.6) is 0 Å². The smallest absolute Gasteiger partial charge is 0.114 e. The van der Waals surface area contributed by atoms with Gasteiger partial charge in [0.05, 0.1) is 21.1 Å². The summed E-state index contributed by atoms with van der Waals surface area (Å²) < 4.78 is 1.03. The van der Waals surface area contributed by atoms with Crippen molar-refractivity contribution in [3.63, 3.8) is 0 Å². The molecule has 0 radical (unpaired) electrons. The molecule has 1 atom stereocenters. The summed E-state index contributed by atoms with van der Waals surface area (Å²) in [6, 6.07) is 11.7. The number of hydrogen-bond donors (Lipinski definition) is 0. The van der Waals surface area contributed by atoms with E-state index in [-0.39, 0.29) is 0 Å². The maximum absolute atomic E-state index is 2.32. The molecule has 0 spiro atoms. The van der Waals surface area contributed by atoms with Gasteiger partial charge in [-0.1, -0.05) is 88.6 Å². The van der Waals surface area contributed by atoms with Crippen molar-refractivity contribution in [1.82, 2.24) is 0 Å². The number of rotatable bonds is 12. The average molecular weight is 305 g/mol. The molecule has 0 bridgehead atoms. The van der Waals surface area contributed by atoms with Crippen molar-refractivity contribution in [2.75, 3.05) is 21.1 Å². The molecule has 1 heteroatoms. The highest BCUT2D eigenvalue weighted by atomic mass is 15.3. The lowest BCUT2D eigenvalue weighted by atomic mass is 9.97. The molecule has 1 nitrogen and oxygen atoms in total. The molecule has 1 aromatic carbocycles. The molecular formula is C21H38N+. The van der Waals surface area contributed by atoms with Crippen LogP contribution >= 0.6 is 0 Å². The quantitative estimate of drug-likeness (QED) is 0.311. The molecule has 0 amide bonds. The standard InChI is InChI=1S/C21H38N/c1-5-6-7-8-9-10-11-12-16-19-21(22(2,3)4)20-17-14-13-15-18-20/h13-15,17-18,21H,5-12,16,19H2,1-4H3/q+1. The van der Waals surface area contributed by atoms with Crippen molar-refractivity contribution >= 4 is 0 Å². The molecule has 0 aliphatic rings. The number of unbranched alkanes of at least 4 members (excludes halogenated alkanes) is 8. The predicted molar refractivity (Wildman–Crippen MR) is 99.1 cm³/mol. The third kappa shape index (κ3) is 7.98. The molecule has 0 saturated heterocycles. The highest BCUT2D eigenvalue weighted by Crippen LogP contribution is 2.29. The van der Waals surface area contributed by atoms with Crippen molar-refractivity contribution < 1.29 is 4.48 Å². The van der Waals surface area contributed by atoms with Crippen molar-refractivity contribution in [3.05, 3.63) is 35.9 Å². The zero-order chi connectivity index (χ0) is 16.3. The van der Waals surface area contributed by atoms with Crippen LogP contribution < -0.4 is 0 Å². The van der Waals surface area contributed by atoms with Gasteiger partial charge in [0.25, 0.3) is 0 Å². The average Bonchev–Trinajstić information content (AvgIpc) is 2.49. The van der Waals surface area contributed by atoms with E-state index in [1.807, 2.05) is 0 Å². The third-order valence-corrected chi connectivity index (χ3v) is 4.70. The summed E-state index contributed by atoms with van der Waals surface area (Å²) in [5.74, 6) is 0. The molecule has 0 aliphatic carbocycles. The second kappa shape index (κ2) is 10.8. The summed E-state index contributed by atoms with van der Waals surface area (Å²) >= 11 is 0. The maximum atomic E-state index is 2.32. The fraction of sp³-hybridized carbons (Fsp3) is 0.714. The lowest BCUT2D eigenvalue weighted by Gasteiger charge is -2.34. The van der Waals surface area contributed by atoms with E-state index in [4.69, 9.17) is 0 Å². The summed E-state index contributed by atoms with van der Waals surface area (Å²) in [6.07, 6.45) is 14.0. The minimum Gasteiger partial charge on any atom is -0.325 e. The Morgan fingerprint density at radius 2 is 1.23 bits per heavy atom. The zero-order valence-corrected chi connectivity index (χ0v) is 15.5. The molecule has 22 heavy (non-hydrogen) atoms. The number of hydrogen-bond acceptors (Lipinski definition) is 0. The normalized spacial score (nSPS) is 13.3. The van der Waals surface area contributed by atoms with Gasteiger partial charge in [-0.15, -0.1) is 0 Å². The summed E-state index contributed by atoms with van der Waals surface area (Å²) in [5.41, 5.74) is 1.49. The second-order valence-electron chi connectivity index (χ2n) is 7.66. The van der Waals surface area contributed by atoms with Crippen LogP contribution in [0.3, 0.4) is 0 Å². The molecular weight excluding hydrogens is 266 g/mol. The second-order valence-corrected chi connectivity index (χ2v) is 7.66. The minimum atomic E-state index is 0.630. The van der Waals surface area contributed by atoms with E-state index in [9.17, 15) is 0 Å². The van der Waals surface area contributed by atoms with Gasteiger partial charge < -0.3 is 4.48 Å². The lowest BCUT2D eigenvalue weighted by molar-refractivity contribution is -0.902. The fourth-order valence-corrected chi connectivity index (χ4v) is 3.32. The van der Waals surface area contributed by atoms with Crippen molar-refractivity contribution in [1.29, 1.82) is 0 Å². The summed E-state index contributed by atoms with van der Waals surface area (Å²) in [5, 5.41) is 0. The van der Waals surface area contributed by atoms with Crippen LogP contribution in [0.2, 0.25) is 0 Å². The Morgan fingerprint density at radius 3 is 1.73 bits per heavy atom. The predicted octanol–water partition coefficient (Wildman–Crippen LogP) is 6.35. The topological polar surface area (TPSA) is 0 Å². The van der Waals surface area contributed by atoms with Gasteiger partial charge in [0, 0.05) is 12.0 Å². The minimum absolute atomic E-state index is 0.630. The Kier molecular flexibility index (Phi) is 9.47. The van der Waals surface area contributed by atoms with Gasteiger partial charge in [0.2, 0.25) is 0 Å². The Balaban J connectivity index is 2.23. The molecule has 1 rings (SSSR count). The molecule has 0 heterocycles. The highest BCUT2D eigenvalue weighted by Gasteiger charge is 2.24. The first-order valence-electron chi connectivity index (χ1n) is 9.41. The number of quaternary nitrogens is 1. The first-order valence-corrected chi connectivity index (χ1v) is 9.41. The molecule has 1 aromatic rings. The van der Waals surface area contributed by atoms with Crippen molar-refractivity contribution in [3.8, 4) is 0 Å². The van der Waals surface area contributed by atoms with Crippen molar-refractivity contribution in [2.45, 2.75) is 77.2 Å². The van der Waals surface area contributed by atoms with Crippen LogP contribution in [-0.4, -0.2) is 25.6 Å². The maximum Gasteiger partial charge on any atom is 0.114 e. The van der Waals surface area contributed by atoms with Gasteiger partial charge in [0.15, 0.2) is 0 Å². The van der Waals surface area contributed by atoms with E-state index >= 15 is 0 Å². The van der Waals surface area contributed by atoms with Crippen LogP contribution in [0.4, 0.5) is 0 Å². The van der Waals surface area contributed by atoms with E-state index in [2.05, 4.69) is 58.4 Å². The Labute approximate surface area is 139 Å². The van der Waals surface area contributed by atoms with E-state index in [1.54, 1.807) is 0 Å². The van der Waals surface area contributed by atoms with Crippen LogP contribution in [0.15, 0.2) is 30.3 Å². The number of nitrogens with zero attached hydrogens (tertiary/aromatic N) is 1. The molecule has 0 N–H and O–H groups in total. The zero-order valence-electron chi connectivity index (χ0n) is 15.5. The molecule has 0 fully saturated rings. The van der Waals surface area contributed by atoms with E-state index in [0.717, 1.165) is 4.48 Å². The summed E-state index contributed by atoms with van der Waals surface area (Å²) in [7, 11) is 6.97. The van der Waals surface area contributed by atoms with Crippen LogP contribution in [0, 0.1) is 0 Å². The number of benzene rings is 1. The van der Waals surface area contributed by atoms with Gasteiger partial charge in [0.1, 0.15) is 6.04 Å². The third-order valence-electron chi connectivity index (χ3n) is 4.70. The van der Waals surface area contributed by atoms with E-state index < -0.39 is 0 Å². The van der Waals surface area contributed by atoms with Crippen LogP contribution in [-0.2, 0) is 0 Å². The molecule has 0 saturated carbocycles. The first-order chi connectivity index (χ1) is 10.6. The van der Waals surface area contributed by atoms with Gasteiger partial charge in [-0.3, -0.25) is 0 Å². The molecule has 1 unspecified atom stereocenters. The summed E-state index contributed by atoms with van der Waals surface area (Å²) in [4.78, 5) is 0. The molecule has 0 aromatic heterocycles. The Morgan fingerprint density at radius 1 is 0.727 bits per heavy atom. The van der Waals surface area contributed by atoms with Gasteiger partial charge in [-0.2, -0.15) is 0 Å². The summed E-state index contributed by atoms with van der Waals surface area (Å²) in [6.45, 7) is 2.29. The van der Waals surface area contributed by atoms with Gasteiger partial charge in [-0.25, -0.2) is 0 Å². The fourth-order valence-electron chi connectivity index (χ4n) is 3.32. The van der Waals surface area contributed by atoms with Crippen molar-refractivity contribution in [2.24, 2.45) is 0 Å². The Bertz CT molecular complexity index is 363. The van der Waals surface area contributed by atoms with E-state index in [0.29, 0.717) is 6.04 Å². The van der Waals surface area contributed by atoms with Gasteiger partial charge in [-0.05, 0) is 6.42 Å². The first kappa shape index (κ1) is 19.2.